The number of aliphatic hydroxyl groups is 1. The van der Waals surface area contributed by atoms with E-state index in [0.717, 1.165) is 25.0 Å². The normalized spacial score (nSPS) is 22.9. The molecule has 1 aromatic carbocycles. The van der Waals surface area contributed by atoms with Crippen LogP contribution in [0.15, 0.2) is 29.4 Å². The maximum Gasteiger partial charge on any atom is 0.0576 e. The average molecular weight is 233 g/mol. The Morgan fingerprint density at radius 1 is 1.24 bits per heavy atom. The van der Waals surface area contributed by atoms with E-state index >= 15 is 0 Å². The lowest BCUT2D eigenvalue weighted by molar-refractivity contribution is 0.299. The molecule has 0 amide bonds. The highest BCUT2D eigenvalue weighted by Gasteiger charge is 2.19. The molecule has 2 rings (SSSR count). The number of oxime groups is 1. The SMILES string of the molecule is OCCc1ccc(C2CCC/C(=N\O)C2)cc1. The quantitative estimate of drug-likeness (QED) is 0.623. The van der Waals surface area contributed by atoms with Gasteiger partial charge in [0.15, 0.2) is 0 Å². The summed E-state index contributed by atoms with van der Waals surface area (Å²) in [4.78, 5) is 0. The maximum atomic E-state index is 8.86. The van der Waals surface area contributed by atoms with Gasteiger partial charge in [-0.25, -0.2) is 0 Å². The molecule has 0 spiro atoms. The van der Waals surface area contributed by atoms with Gasteiger partial charge in [0.1, 0.15) is 0 Å². The highest BCUT2D eigenvalue weighted by Crippen LogP contribution is 2.31. The standard InChI is InChI=1S/C14H19NO2/c16-9-8-11-4-6-12(7-5-11)13-2-1-3-14(10-13)15-17/h4-7,13,16-17H,1-3,8-10H2/b15-14+. The number of aliphatic hydroxyl groups excluding tert-OH is 1. The van der Waals surface area contributed by atoms with E-state index in [0.29, 0.717) is 12.3 Å². The fourth-order valence-corrected chi connectivity index (χ4v) is 2.50. The van der Waals surface area contributed by atoms with Crippen molar-refractivity contribution >= 4 is 5.71 Å². The summed E-state index contributed by atoms with van der Waals surface area (Å²) in [7, 11) is 0. The first-order valence-corrected chi connectivity index (χ1v) is 6.23. The van der Waals surface area contributed by atoms with Crippen molar-refractivity contribution in [3.8, 4) is 0 Å². The molecule has 2 N–H and O–H groups in total. The summed E-state index contributed by atoms with van der Waals surface area (Å²) in [6.45, 7) is 0.199. The number of hydrogen-bond donors (Lipinski definition) is 2. The summed E-state index contributed by atoms with van der Waals surface area (Å²) in [5.74, 6) is 0.484. The molecule has 1 aliphatic rings. The summed E-state index contributed by atoms with van der Waals surface area (Å²) in [5.41, 5.74) is 3.40. The number of benzene rings is 1. The van der Waals surface area contributed by atoms with Crippen molar-refractivity contribution in [1.82, 2.24) is 0 Å². The van der Waals surface area contributed by atoms with Crippen LogP contribution in [0.1, 0.15) is 42.7 Å². The Labute approximate surface area is 102 Å². The van der Waals surface area contributed by atoms with E-state index < -0.39 is 0 Å². The third-order valence-electron chi connectivity index (χ3n) is 3.49. The van der Waals surface area contributed by atoms with Crippen molar-refractivity contribution < 1.29 is 10.3 Å². The second kappa shape index (κ2) is 5.82. The molecule has 1 aliphatic carbocycles. The van der Waals surface area contributed by atoms with Crippen LogP contribution in [-0.4, -0.2) is 22.6 Å². The van der Waals surface area contributed by atoms with Gasteiger partial charge in [-0.1, -0.05) is 29.4 Å². The van der Waals surface area contributed by atoms with Gasteiger partial charge in [0.25, 0.3) is 0 Å². The van der Waals surface area contributed by atoms with Gasteiger partial charge >= 0.3 is 0 Å². The largest absolute Gasteiger partial charge is 0.411 e. The zero-order valence-corrected chi connectivity index (χ0v) is 9.97. The maximum absolute atomic E-state index is 8.86. The Morgan fingerprint density at radius 2 is 2.00 bits per heavy atom. The Morgan fingerprint density at radius 3 is 2.65 bits per heavy atom. The third kappa shape index (κ3) is 3.07. The Hall–Kier alpha value is -1.35. The van der Waals surface area contributed by atoms with Gasteiger partial charge < -0.3 is 10.3 Å². The van der Waals surface area contributed by atoms with E-state index in [9.17, 15) is 0 Å². The van der Waals surface area contributed by atoms with Crippen molar-refractivity contribution in [2.45, 2.75) is 38.0 Å². The fourth-order valence-electron chi connectivity index (χ4n) is 2.50. The molecular formula is C14H19NO2. The van der Waals surface area contributed by atoms with E-state index in [-0.39, 0.29) is 6.61 Å². The van der Waals surface area contributed by atoms with Crippen molar-refractivity contribution in [2.24, 2.45) is 5.16 Å². The topological polar surface area (TPSA) is 52.8 Å². The molecule has 0 saturated heterocycles. The summed E-state index contributed by atoms with van der Waals surface area (Å²) < 4.78 is 0. The molecule has 0 bridgehead atoms. The molecule has 3 nitrogen and oxygen atoms in total. The molecule has 0 radical (unpaired) electrons. The molecule has 1 aromatic rings. The van der Waals surface area contributed by atoms with Crippen molar-refractivity contribution in [3.05, 3.63) is 35.4 Å². The lowest BCUT2D eigenvalue weighted by Gasteiger charge is -2.22. The van der Waals surface area contributed by atoms with Gasteiger partial charge in [0, 0.05) is 6.61 Å². The number of hydrogen-bond acceptors (Lipinski definition) is 3. The van der Waals surface area contributed by atoms with Crippen LogP contribution in [0.2, 0.25) is 0 Å². The average Bonchev–Trinajstić information content (AvgIpc) is 2.40. The minimum absolute atomic E-state index is 0.199. The van der Waals surface area contributed by atoms with Crippen LogP contribution in [0.3, 0.4) is 0 Å². The first kappa shape index (κ1) is 12.1. The Kier molecular flexibility index (Phi) is 4.15. The van der Waals surface area contributed by atoms with Crippen LogP contribution in [0.4, 0.5) is 0 Å². The van der Waals surface area contributed by atoms with E-state index in [1.165, 1.54) is 17.5 Å². The minimum Gasteiger partial charge on any atom is -0.411 e. The van der Waals surface area contributed by atoms with Gasteiger partial charge in [-0.05, 0) is 49.1 Å². The van der Waals surface area contributed by atoms with Crippen molar-refractivity contribution in [3.63, 3.8) is 0 Å². The molecule has 1 atom stereocenters. The fraction of sp³-hybridized carbons (Fsp3) is 0.500. The van der Waals surface area contributed by atoms with Crippen molar-refractivity contribution in [1.29, 1.82) is 0 Å². The summed E-state index contributed by atoms with van der Waals surface area (Å²) >= 11 is 0. The van der Waals surface area contributed by atoms with Crippen LogP contribution < -0.4 is 0 Å². The summed E-state index contributed by atoms with van der Waals surface area (Å²) in [6, 6.07) is 8.43. The predicted molar refractivity (Wildman–Crippen MR) is 67.7 cm³/mol. The van der Waals surface area contributed by atoms with Gasteiger partial charge in [-0.2, -0.15) is 0 Å². The summed E-state index contributed by atoms with van der Waals surface area (Å²) in [6.07, 6.45) is 4.78. The van der Waals surface area contributed by atoms with Crippen LogP contribution in [0.25, 0.3) is 0 Å². The van der Waals surface area contributed by atoms with Gasteiger partial charge in [0.2, 0.25) is 0 Å². The van der Waals surface area contributed by atoms with Gasteiger partial charge in [-0.15, -0.1) is 0 Å². The van der Waals surface area contributed by atoms with E-state index in [1.807, 2.05) is 0 Å². The molecule has 1 fully saturated rings. The second-order valence-electron chi connectivity index (χ2n) is 4.67. The lowest BCUT2D eigenvalue weighted by Crippen LogP contribution is -2.13. The molecule has 92 valence electrons. The van der Waals surface area contributed by atoms with Gasteiger partial charge in [0.05, 0.1) is 5.71 Å². The summed E-state index contributed by atoms with van der Waals surface area (Å²) in [5, 5.41) is 21.0. The third-order valence-corrected chi connectivity index (χ3v) is 3.49. The molecular weight excluding hydrogens is 214 g/mol. The van der Waals surface area contributed by atoms with E-state index in [1.54, 1.807) is 0 Å². The lowest BCUT2D eigenvalue weighted by atomic mass is 9.83. The molecule has 1 saturated carbocycles. The van der Waals surface area contributed by atoms with Crippen molar-refractivity contribution in [2.75, 3.05) is 6.61 Å². The highest BCUT2D eigenvalue weighted by molar-refractivity contribution is 5.85. The minimum atomic E-state index is 0.199. The highest BCUT2D eigenvalue weighted by atomic mass is 16.4. The molecule has 0 aromatic heterocycles. The van der Waals surface area contributed by atoms with Crippen LogP contribution in [0, 0.1) is 0 Å². The number of rotatable bonds is 3. The zero-order chi connectivity index (χ0) is 12.1. The van der Waals surface area contributed by atoms with Crippen LogP contribution >= 0.6 is 0 Å². The first-order valence-electron chi connectivity index (χ1n) is 6.23. The van der Waals surface area contributed by atoms with Crippen LogP contribution in [0.5, 0.6) is 0 Å². The molecule has 0 heterocycles. The molecule has 17 heavy (non-hydrogen) atoms. The predicted octanol–water partition coefficient (Wildman–Crippen LogP) is 2.71. The second-order valence-corrected chi connectivity index (χ2v) is 4.67. The monoisotopic (exact) mass is 233 g/mol. The number of nitrogens with zero attached hydrogens (tertiary/aromatic N) is 1. The van der Waals surface area contributed by atoms with E-state index in [2.05, 4.69) is 29.4 Å². The zero-order valence-electron chi connectivity index (χ0n) is 9.97. The molecule has 0 aliphatic heterocycles. The molecule has 3 heteroatoms. The Bertz CT molecular complexity index is 384. The molecule has 1 unspecified atom stereocenters. The van der Waals surface area contributed by atoms with E-state index in [4.69, 9.17) is 10.3 Å². The Balaban J connectivity index is 2.06. The van der Waals surface area contributed by atoms with Gasteiger partial charge in [-0.3, -0.25) is 0 Å². The smallest absolute Gasteiger partial charge is 0.0576 e. The first-order chi connectivity index (χ1) is 8.33. The van der Waals surface area contributed by atoms with Crippen LogP contribution in [-0.2, 0) is 6.42 Å².